The summed E-state index contributed by atoms with van der Waals surface area (Å²) in [4.78, 5) is 0.200. The molecule has 0 amide bonds. The van der Waals surface area contributed by atoms with Crippen LogP contribution in [0.15, 0.2) is 83.8 Å². The summed E-state index contributed by atoms with van der Waals surface area (Å²) in [6.07, 6.45) is -1.40. The molecule has 1 aromatic heterocycles. The van der Waals surface area contributed by atoms with Crippen LogP contribution < -0.4 is 5.73 Å². The third-order valence-electron chi connectivity index (χ3n) is 6.74. The van der Waals surface area contributed by atoms with Crippen LogP contribution in [0.4, 0.5) is 0 Å². The van der Waals surface area contributed by atoms with Crippen molar-refractivity contribution in [3.8, 4) is 23.1 Å². The van der Waals surface area contributed by atoms with Crippen molar-refractivity contribution in [2.75, 3.05) is 6.61 Å². The molecule has 0 aliphatic carbocycles. The van der Waals surface area contributed by atoms with Crippen molar-refractivity contribution < 1.29 is 23.0 Å². The van der Waals surface area contributed by atoms with Gasteiger partial charge >= 0.3 is 0 Å². The van der Waals surface area contributed by atoms with Gasteiger partial charge in [-0.1, -0.05) is 78.1 Å². The van der Waals surface area contributed by atoms with Crippen LogP contribution in [0, 0.1) is 18.8 Å². The Morgan fingerprint density at radius 3 is 2.45 bits per heavy atom. The van der Waals surface area contributed by atoms with Gasteiger partial charge in [0.15, 0.2) is 6.29 Å². The van der Waals surface area contributed by atoms with Gasteiger partial charge in [-0.2, -0.15) is 0 Å². The average Bonchev–Trinajstić information content (AvgIpc) is 3.25. The van der Waals surface area contributed by atoms with Crippen molar-refractivity contribution in [1.82, 2.24) is 3.97 Å². The number of ether oxygens (including phenoxy) is 2. The van der Waals surface area contributed by atoms with Gasteiger partial charge in [0.25, 0.3) is 10.0 Å². The summed E-state index contributed by atoms with van der Waals surface area (Å²) in [5, 5.41) is 10.7. The van der Waals surface area contributed by atoms with Gasteiger partial charge in [0.2, 0.25) is 0 Å². The molecule has 7 nitrogen and oxygen atoms in total. The van der Waals surface area contributed by atoms with E-state index in [-0.39, 0.29) is 11.5 Å². The van der Waals surface area contributed by atoms with Gasteiger partial charge < -0.3 is 20.3 Å². The van der Waals surface area contributed by atoms with E-state index in [1.165, 1.54) is 3.97 Å². The van der Waals surface area contributed by atoms with Crippen LogP contribution in [0.1, 0.15) is 24.5 Å². The predicted molar refractivity (Wildman–Crippen MR) is 147 cm³/mol. The quantitative estimate of drug-likeness (QED) is 0.378. The maximum atomic E-state index is 14.0. The summed E-state index contributed by atoms with van der Waals surface area (Å²) in [6.45, 7) is 3.72. The van der Waals surface area contributed by atoms with Crippen LogP contribution in [0.2, 0.25) is 0 Å². The fourth-order valence-corrected chi connectivity index (χ4v) is 6.26. The Hall–Kier alpha value is -3.45. The second-order valence-electron chi connectivity index (χ2n) is 9.46. The summed E-state index contributed by atoms with van der Waals surface area (Å²) >= 11 is 0. The summed E-state index contributed by atoms with van der Waals surface area (Å²) in [7, 11) is -3.95. The molecule has 0 saturated carbocycles. The molecule has 4 atom stereocenters. The predicted octanol–water partition coefficient (Wildman–Crippen LogP) is 4.04. The molecule has 38 heavy (non-hydrogen) atoms. The zero-order chi connectivity index (χ0) is 26.9. The van der Waals surface area contributed by atoms with Crippen molar-refractivity contribution in [3.63, 3.8) is 0 Å². The van der Waals surface area contributed by atoms with Crippen molar-refractivity contribution in [1.29, 1.82) is 0 Å². The number of aliphatic hydroxyl groups excluding tert-OH is 1. The highest BCUT2D eigenvalue weighted by molar-refractivity contribution is 7.90. The molecule has 196 valence electrons. The molecular formula is C30H30N2O5S. The van der Waals surface area contributed by atoms with Crippen molar-refractivity contribution in [3.05, 3.63) is 90.0 Å². The average molecular weight is 531 g/mol. The second kappa shape index (κ2) is 10.7. The first-order valence-corrected chi connectivity index (χ1v) is 13.9. The number of aliphatic hydroxyl groups is 1. The Balaban J connectivity index is 1.59. The summed E-state index contributed by atoms with van der Waals surface area (Å²) < 4.78 is 40.9. The molecule has 0 spiro atoms. The Labute approximate surface area is 222 Å². The number of aromatic nitrogens is 1. The highest BCUT2D eigenvalue weighted by Gasteiger charge is 2.33. The number of benzene rings is 3. The van der Waals surface area contributed by atoms with E-state index in [1.54, 1.807) is 37.3 Å². The van der Waals surface area contributed by atoms with Crippen LogP contribution in [-0.4, -0.2) is 48.6 Å². The number of nitrogens with zero attached hydrogens (tertiary/aromatic N) is 1. The zero-order valence-corrected chi connectivity index (χ0v) is 22.1. The minimum Gasteiger partial charge on any atom is -0.389 e. The summed E-state index contributed by atoms with van der Waals surface area (Å²) in [5.41, 5.74) is 9.33. The van der Waals surface area contributed by atoms with E-state index in [0.29, 0.717) is 23.2 Å². The fourth-order valence-electron chi connectivity index (χ4n) is 4.71. The molecule has 3 aromatic carbocycles. The van der Waals surface area contributed by atoms with E-state index in [1.807, 2.05) is 55.5 Å². The van der Waals surface area contributed by atoms with Crippen molar-refractivity contribution >= 4 is 20.9 Å². The third kappa shape index (κ3) is 4.99. The lowest BCUT2D eigenvalue weighted by molar-refractivity contribution is -0.217. The van der Waals surface area contributed by atoms with Gasteiger partial charge in [0.05, 0.1) is 33.9 Å². The van der Waals surface area contributed by atoms with E-state index in [9.17, 15) is 13.5 Å². The van der Waals surface area contributed by atoms with E-state index in [4.69, 9.17) is 15.2 Å². The van der Waals surface area contributed by atoms with Crippen molar-refractivity contribution in [2.45, 2.75) is 49.7 Å². The van der Waals surface area contributed by atoms with E-state index in [2.05, 4.69) is 11.8 Å². The molecule has 0 unspecified atom stereocenters. The number of hydrogen-bond donors (Lipinski definition) is 2. The first kappa shape index (κ1) is 26.2. The van der Waals surface area contributed by atoms with Gasteiger partial charge in [-0.3, -0.25) is 0 Å². The number of fused-ring (bicyclic) bond motifs is 1. The molecule has 1 aliphatic rings. The molecular weight excluding hydrogens is 500 g/mol. The molecule has 8 heteroatoms. The van der Waals surface area contributed by atoms with Crippen LogP contribution >= 0.6 is 0 Å². The smallest absolute Gasteiger partial charge is 0.268 e. The molecule has 1 saturated heterocycles. The van der Waals surface area contributed by atoms with Gasteiger partial charge in [-0.15, -0.1) is 0 Å². The minimum absolute atomic E-state index is 0.0542. The normalized spacial score (nSPS) is 21.7. The number of nitrogens with two attached hydrogens (primary N) is 1. The Bertz CT molecular complexity index is 1590. The molecule has 1 fully saturated rings. The minimum atomic E-state index is -3.95. The van der Waals surface area contributed by atoms with Gasteiger partial charge in [-0.05, 0) is 32.0 Å². The monoisotopic (exact) mass is 530 g/mol. The molecule has 4 aromatic rings. The first-order valence-electron chi connectivity index (χ1n) is 12.5. The van der Waals surface area contributed by atoms with E-state index >= 15 is 0 Å². The van der Waals surface area contributed by atoms with E-state index in [0.717, 1.165) is 16.5 Å². The van der Waals surface area contributed by atoms with Gasteiger partial charge in [0, 0.05) is 23.4 Å². The Kier molecular flexibility index (Phi) is 7.39. The van der Waals surface area contributed by atoms with Crippen LogP contribution in [0.3, 0.4) is 0 Å². The van der Waals surface area contributed by atoms with Gasteiger partial charge in [0.1, 0.15) is 6.61 Å². The highest BCUT2D eigenvalue weighted by atomic mass is 32.2. The Morgan fingerprint density at radius 2 is 1.74 bits per heavy atom. The molecule has 5 rings (SSSR count). The number of hydrogen-bond acceptors (Lipinski definition) is 6. The second-order valence-corrected chi connectivity index (χ2v) is 11.2. The SMILES string of the molecule is Cc1ccc(S(=O)(=O)n2c(-c3ccccc3)c(C#CCO[C@H]3C[C@H](N)[C@@H](O)[C@H](C)O3)c3ccccc32)cc1. The van der Waals surface area contributed by atoms with Crippen molar-refractivity contribution in [2.24, 2.45) is 5.73 Å². The maximum Gasteiger partial charge on any atom is 0.268 e. The van der Waals surface area contributed by atoms with Crippen LogP contribution in [0.5, 0.6) is 0 Å². The number of rotatable bonds is 5. The molecule has 0 radical (unpaired) electrons. The fraction of sp³-hybridized carbons (Fsp3) is 0.267. The molecule has 3 N–H and O–H groups in total. The summed E-state index contributed by atoms with van der Waals surface area (Å²) in [5.74, 6) is 6.22. The standard InChI is InChI=1S/C30H30N2O5S/c1-20-14-16-23(17-15-20)38(34,35)32-27-13-7-6-11-24(27)25(29(32)22-9-4-3-5-10-22)12-8-18-36-28-19-26(31)30(33)21(2)37-28/h3-7,9-11,13-17,21,26,28,30,33H,18-19,31H2,1-2H3/t21-,26-,28+,30-/m0/s1. The Morgan fingerprint density at radius 1 is 1.05 bits per heavy atom. The van der Waals surface area contributed by atoms with Gasteiger partial charge in [-0.25, -0.2) is 12.4 Å². The first-order chi connectivity index (χ1) is 18.3. The molecule has 0 bridgehead atoms. The van der Waals surface area contributed by atoms with Crippen LogP contribution in [0.25, 0.3) is 22.2 Å². The largest absolute Gasteiger partial charge is 0.389 e. The summed E-state index contributed by atoms with van der Waals surface area (Å²) in [6, 6.07) is 23.1. The zero-order valence-electron chi connectivity index (χ0n) is 21.2. The third-order valence-corrected chi connectivity index (χ3v) is 8.47. The molecule has 1 aliphatic heterocycles. The van der Waals surface area contributed by atoms with Crippen LogP contribution in [-0.2, 0) is 19.5 Å². The number of para-hydroxylation sites is 1. The van der Waals surface area contributed by atoms with E-state index < -0.39 is 34.6 Å². The number of aryl methyl sites for hydroxylation is 1. The lowest BCUT2D eigenvalue weighted by Crippen LogP contribution is -2.51. The lowest BCUT2D eigenvalue weighted by Gasteiger charge is -2.35. The highest BCUT2D eigenvalue weighted by Crippen LogP contribution is 2.36. The maximum absolute atomic E-state index is 14.0. The topological polar surface area (TPSA) is 104 Å². The molecule has 2 heterocycles. The lowest BCUT2D eigenvalue weighted by atomic mass is 10.0.